The van der Waals surface area contributed by atoms with E-state index in [9.17, 15) is 0 Å². The molecule has 0 N–H and O–H groups in total. The van der Waals surface area contributed by atoms with Crippen LogP contribution in [0.15, 0.2) is 0 Å². The van der Waals surface area contributed by atoms with Gasteiger partial charge in [-0.05, 0) is 13.8 Å². The Hall–Kier alpha value is 1.12. The Morgan fingerprint density at radius 2 is 1.15 bits per heavy atom. The van der Waals surface area contributed by atoms with Crippen LogP contribution in [0.3, 0.4) is 0 Å². The van der Waals surface area contributed by atoms with Gasteiger partial charge in [0.05, 0.1) is 0 Å². The average molecular weight is 268 g/mol. The molecule has 0 fully saturated rings. The van der Waals surface area contributed by atoms with Gasteiger partial charge in [0.2, 0.25) is 0 Å². The summed E-state index contributed by atoms with van der Waals surface area (Å²) in [5.41, 5.74) is -0.879. The third kappa shape index (κ3) is 9.42. The Kier molecular flexibility index (Phi) is 8.06. The second-order valence-electron chi connectivity index (χ2n) is 2.99. The number of halogens is 4. The van der Waals surface area contributed by atoms with E-state index in [0.717, 1.165) is 0 Å². The standard InChI is InChI=1S/C8H14Cl4O/c1-5(9)3-7(11)13-8(12)4-6(2)10/h5-8H,3-4H2,1-2H3. The smallest absolute Gasteiger partial charge is 0.134 e. The third-order valence-electron chi connectivity index (χ3n) is 1.32. The molecular formula is C8H14Cl4O. The first-order valence-electron chi connectivity index (χ1n) is 4.13. The summed E-state index contributed by atoms with van der Waals surface area (Å²) >= 11 is 23.1. The van der Waals surface area contributed by atoms with Crippen LogP contribution < -0.4 is 0 Å². The molecule has 0 saturated carbocycles. The van der Waals surface area contributed by atoms with Gasteiger partial charge in [0.15, 0.2) is 0 Å². The van der Waals surface area contributed by atoms with Crippen LogP contribution in [0.5, 0.6) is 0 Å². The molecule has 4 atom stereocenters. The fourth-order valence-electron chi connectivity index (χ4n) is 0.782. The molecule has 13 heavy (non-hydrogen) atoms. The Morgan fingerprint density at radius 3 is 1.38 bits per heavy atom. The molecule has 1 nitrogen and oxygen atoms in total. The monoisotopic (exact) mass is 266 g/mol. The maximum absolute atomic E-state index is 5.82. The minimum absolute atomic E-state index is 0.0141. The zero-order valence-corrected chi connectivity index (χ0v) is 10.7. The van der Waals surface area contributed by atoms with Crippen molar-refractivity contribution in [2.45, 2.75) is 48.6 Å². The Bertz CT molecular complexity index is 115. The zero-order valence-electron chi connectivity index (χ0n) is 7.64. The van der Waals surface area contributed by atoms with Gasteiger partial charge in [0.25, 0.3) is 0 Å². The molecule has 5 heteroatoms. The lowest BCUT2D eigenvalue weighted by molar-refractivity contribution is 0.0725. The number of rotatable bonds is 6. The number of ether oxygens (including phenoxy) is 1. The van der Waals surface area contributed by atoms with Crippen LogP contribution in [-0.4, -0.2) is 21.9 Å². The molecule has 0 aromatic heterocycles. The highest BCUT2D eigenvalue weighted by molar-refractivity contribution is 6.24. The van der Waals surface area contributed by atoms with E-state index >= 15 is 0 Å². The highest BCUT2D eigenvalue weighted by Crippen LogP contribution is 2.19. The first-order chi connectivity index (χ1) is 5.91. The molecular weight excluding hydrogens is 254 g/mol. The van der Waals surface area contributed by atoms with Crippen molar-refractivity contribution in [1.82, 2.24) is 0 Å². The van der Waals surface area contributed by atoms with Gasteiger partial charge in [-0.25, -0.2) is 0 Å². The molecule has 0 aliphatic carbocycles. The van der Waals surface area contributed by atoms with Crippen LogP contribution in [0.4, 0.5) is 0 Å². The van der Waals surface area contributed by atoms with Crippen LogP contribution in [0.25, 0.3) is 0 Å². The fraction of sp³-hybridized carbons (Fsp3) is 1.00. The van der Waals surface area contributed by atoms with E-state index in [1.165, 1.54) is 0 Å². The molecule has 0 aromatic rings. The van der Waals surface area contributed by atoms with Gasteiger partial charge in [-0.1, -0.05) is 23.2 Å². The van der Waals surface area contributed by atoms with Gasteiger partial charge in [0.1, 0.15) is 11.1 Å². The van der Waals surface area contributed by atoms with E-state index in [-0.39, 0.29) is 10.8 Å². The van der Waals surface area contributed by atoms with Crippen LogP contribution in [0, 0.1) is 0 Å². The number of hydrogen-bond donors (Lipinski definition) is 0. The quantitative estimate of drug-likeness (QED) is 0.657. The Morgan fingerprint density at radius 1 is 0.846 bits per heavy atom. The average Bonchev–Trinajstić information content (AvgIpc) is 1.80. The third-order valence-corrected chi connectivity index (χ3v) is 2.23. The minimum atomic E-state index is -0.439. The molecule has 0 saturated heterocycles. The summed E-state index contributed by atoms with van der Waals surface area (Å²) in [5.74, 6) is 0. The minimum Gasteiger partial charge on any atom is -0.343 e. The highest BCUT2D eigenvalue weighted by atomic mass is 35.5. The molecule has 0 aliphatic rings. The first kappa shape index (κ1) is 14.1. The van der Waals surface area contributed by atoms with E-state index < -0.39 is 11.1 Å². The largest absolute Gasteiger partial charge is 0.343 e. The maximum atomic E-state index is 5.82. The zero-order chi connectivity index (χ0) is 10.4. The summed E-state index contributed by atoms with van der Waals surface area (Å²) in [4.78, 5) is 0. The second-order valence-corrected chi connectivity index (χ2v) is 5.45. The molecule has 0 amide bonds. The molecule has 80 valence electrons. The predicted octanol–water partition coefficient (Wildman–Crippen LogP) is 4.17. The normalized spacial score (nSPS) is 20.8. The van der Waals surface area contributed by atoms with Crippen molar-refractivity contribution in [3.8, 4) is 0 Å². The molecule has 0 bridgehead atoms. The van der Waals surface area contributed by atoms with Crippen LogP contribution >= 0.6 is 46.4 Å². The van der Waals surface area contributed by atoms with Gasteiger partial charge < -0.3 is 4.74 Å². The van der Waals surface area contributed by atoms with Crippen molar-refractivity contribution in [3.05, 3.63) is 0 Å². The summed E-state index contributed by atoms with van der Waals surface area (Å²) in [6.45, 7) is 3.71. The van der Waals surface area contributed by atoms with Crippen molar-refractivity contribution in [3.63, 3.8) is 0 Å². The lowest BCUT2D eigenvalue weighted by atomic mass is 10.3. The molecule has 0 aliphatic heterocycles. The SMILES string of the molecule is CC(Cl)CC(Cl)OC(Cl)CC(C)Cl. The van der Waals surface area contributed by atoms with Crippen molar-refractivity contribution in [2.75, 3.05) is 0 Å². The summed E-state index contributed by atoms with van der Waals surface area (Å²) in [7, 11) is 0. The van der Waals surface area contributed by atoms with E-state index in [1.54, 1.807) is 0 Å². The van der Waals surface area contributed by atoms with E-state index in [1.807, 2.05) is 13.8 Å². The highest BCUT2D eigenvalue weighted by Gasteiger charge is 2.15. The van der Waals surface area contributed by atoms with Gasteiger partial charge in [0, 0.05) is 23.6 Å². The van der Waals surface area contributed by atoms with Crippen molar-refractivity contribution in [1.29, 1.82) is 0 Å². The van der Waals surface area contributed by atoms with Crippen LogP contribution in [-0.2, 0) is 4.74 Å². The van der Waals surface area contributed by atoms with Crippen molar-refractivity contribution < 1.29 is 4.74 Å². The van der Waals surface area contributed by atoms with Crippen LogP contribution in [0.2, 0.25) is 0 Å². The molecule has 0 aromatic carbocycles. The van der Waals surface area contributed by atoms with Gasteiger partial charge >= 0.3 is 0 Å². The number of hydrogen-bond acceptors (Lipinski definition) is 1. The van der Waals surface area contributed by atoms with Gasteiger partial charge in [-0.2, -0.15) is 0 Å². The molecule has 0 heterocycles. The lowest BCUT2D eigenvalue weighted by Crippen LogP contribution is -2.18. The lowest BCUT2D eigenvalue weighted by Gasteiger charge is -2.17. The van der Waals surface area contributed by atoms with E-state index in [0.29, 0.717) is 12.8 Å². The Labute approximate surface area is 99.6 Å². The van der Waals surface area contributed by atoms with Gasteiger partial charge in [-0.15, -0.1) is 23.2 Å². The van der Waals surface area contributed by atoms with Crippen molar-refractivity contribution >= 4 is 46.4 Å². The van der Waals surface area contributed by atoms with E-state index in [4.69, 9.17) is 51.1 Å². The van der Waals surface area contributed by atoms with Gasteiger partial charge in [-0.3, -0.25) is 0 Å². The first-order valence-corrected chi connectivity index (χ1v) is 5.88. The summed E-state index contributed by atoms with van der Waals surface area (Å²) in [6.07, 6.45) is 1.14. The molecule has 4 unspecified atom stereocenters. The second kappa shape index (κ2) is 7.42. The van der Waals surface area contributed by atoms with Crippen LogP contribution in [0.1, 0.15) is 26.7 Å². The molecule has 0 spiro atoms. The maximum Gasteiger partial charge on any atom is 0.134 e. The molecule has 0 radical (unpaired) electrons. The topological polar surface area (TPSA) is 9.23 Å². The van der Waals surface area contributed by atoms with E-state index in [2.05, 4.69) is 0 Å². The Balaban J connectivity index is 3.58. The van der Waals surface area contributed by atoms with Crippen molar-refractivity contribution in [2.24, 2.45) is 0 Å². The summed E-state index contributed by atoms with van der Waals surface area (Å²) in [6, 6.07) is 0. The predicted molar refractivity (Wildman–Crippen MR) is 60.2 cm³/mol. The summed E-state index contributed by atoms with van der Waals surface area (Å²) < 4.78 is 5.23. The fourth-order valence-corrected chi connectivity index (χ4v) is 2.12. The summed E-state index contributed by atoms with van der Waals surface area (Å²) in [5, 5.41) is -0.0282. The number of alkyl halides is 4. The molecule has 0 rings (SSSR count).